The van der Waals surface area contributed by atoms with Gasteiger partial charge in [-0.05, 0) is 24.3 Å². The van der Waals surface area contributed by atoms with Crippen LogP contribution in [0.2, 0.25) is 0 Å². The number of ether oxygens (including phenoxy) is 3. The van der Waals surface area contributed by atoms with Gasteiger partial charge in [0.25, 0.3) is 5.91 Å². The standard InChI is InChI=1S/C18H15F2N3O4/c1-25-15-8-4-6-13(17(15)27-18(19)20)10-22-23-16(24)11-26-14-7-3-2-5-12(14)9-21/h2-8,10,18H,11H2,1H3,(H,23,24)/b22-10-. The lowest BCUT2D eigenvalue weighted by atomic mass is 10.2. The number of para-hydroxylation sites is 2. The van der Waals surface area contributed by atoms with Gasteiger partial charge in [-0.1, -0.05) is 18.2 Å². The number of nitriles is 1. The van der Waals surface area contributed by atoms with E-state index in [1.807, 2.05) is 6.07 Å². The number of carbonyl (C=O) groups excluding carboxylic acids is 1. The average molecular weight is 375 g/mol. The Bertz CT molecular complexity index is 866. The molecule has 0 saturated heterocycles. The summed E-state index contributed by atoms with van der Waals surface area (Å²) in [6, 6.07) is 12.9. The van der Waals surface area contributed by atoms with Gasteiger partial charge in [-0.15, -0.1) is 0 Å². The van der Waals surface area contributed by atoms with Gasteiger partial charge < -0.3 is 14.2 Å². The van der Waals surface area contributed by atoms with Crippen molar-refractivity contribution in [2.45, 2.75) is 6.61 Å². The highest BCUT2D eigenvalue weighted by Gasteiger charge is 2.14. The Morgan fingerprint density at radius 3 is 2.70 bits per heavy atom. The highest BCUT2D eigenvalue weighted by Crippen LogP contribution is 2.31. The fraction of sp³-hybridized carbons (Fsp3) is 0.167. The summed E-state index contributed by atoms with van der Waals surface area (Å²) in [5.41, 5.74) is 2.67. The summed E-state index contributed by atoms with van der Waals surface area (Å²) < 4.78 is 39.8. The van der Waals surface area contributed by atoms with E-state index in [0.717, 1.165) is 6.21 Å². The van der Waals surface area contributed by atoms with Gasteiger partial charge in [0.1, 0.15) is 11.8 Å². The van der Waals surface area contributed by atoms with Gasteiger partial charge in [-0.25, -0.2) is 5.43 Å². The van der Waals surface area contributed by atoms with Crippen LogP contribution in [-0.4, -0.2) is 32.4 Å². The molecule has 2 aromatic rings. The number of hydrazone groups is 1. The Balaban J connectivity index is 1.99. The van der Waals surface area contributed by atoms with E-state index in [2.05, 4.69) is 15.3 Å². The molecule has 0 heterocycles. The SMILES string of the molecule is COc1cccc(/C=N\NC(=O)COc2ccccc2C#N)c1OC(F)F. The average Bonchev–Trinajstić information content (AvgIpc) is 2.67. The summed E-state index contributed by atoms with van der Waals surface area (Å²) in [5.74, 6) is -0.438. The van der Waals surface area contributed by atoms with Crippen molar-refractivity contribution in [3.05, 3.63) is 53.6 Å². The molecule has 140 valence electrons. The van der Waals surface area contributed by atoms with Crippen molar-refractivity contribution in [3.63, 3.8) is 0 Å². The molecule has 0 unspecified atom stereocenters. The number of carbonyl (C=O) groups is 1. The first-order valence-electron chi connectivity index (χ1n) is 7.60. The van der Waals surface area contributed by atoms with E-state index in [-0.39, 0.29) is 29.4 Å². The molecule has 0 aromatic heterocycles. The van der Waals surface area contributed by atoms with Crippen LogP contribution in [0.1, 0.15) is 11.1 Å². The van der Waals surface area contributed by atoms with E-state index in [0.29, 0.717) is 5.56 Å². The summed E-state index contributed by atoms with van der Waals surface area (Å²) in [7, 11) is 1.31. The first-order chi connectivity index (χ1) is 13.0. The second-order valence-electron chi connectivity index (χ2n) is 4.95. The molecule has 27 heavy (non-hydrogen) atoms. The lowest BCUT2D eigenvalue weighted by molar-refractivity contribution is -0.123. The van der Waals surface area contributed by atoms with Crippen LogP contribution in [0.15, 0.2) is 47.6 Å². The summed E-state index contributed by atoms with van der Waals surface area (Å²) in [4.78, 5) is 11.8. The third-order valence-electron chi connectivity index (χ3n) is 3.20. The zero-order chi connectivity index (χ0) is 19.6. The van der Waals surface area contributed by atoms with E-state index in [9.17, 15) is 13.6 Å². The number of hydrogen-bond donors (Lipinski definition) is 1. The molecular weight excluding hydrogens is 360 g/mol. The van der Waals surface area contributed by atoms with Crippen molar-refractivity contribution in [2.24, 2.45) is 5.10 Å². The molecule has 7 nitrogen and oxygen atoms in total. The predicted octanol–water partition coefficient (Wildman–Crippen LogP) is 2.70. The van der Waals surface area contributed by atoms with E-state index in [4.69, 9.17) is 14.7 Å². The van der Waals surface area contributed by atoms with Crippen molar-refractivity contribution in [3.8, 4) is 23.3 Å². The highest BCUT2D eigenvalue weighted by molar-refractivity contribution is 5.86. The fourth-order valence-electron chi connectivity index (χ4n) is 2.04. The maximum absolute atomic E-state index is 12.6. The third-order valence-corrected chi connectivity index (χ3v) is 3.20. The molecule has 0 spiro atoms. The van der Waals surface area contributed by atoms with E-state index in [1.165, 1.54) is 19.2 Å². The second-order valence-corrected chi connectivity index (χ2v) is 4.95. The number of alkyl halides is 2. The third kappa shape index (κ3) is 5.67. The quantitative estimate of drug-likeness (QED) is 0.566. The van der Waals surface area contributed by atoms with Gasteiger partial charge in [0.15, 0.2) is 18.1 Å². The molecule has 2 rings (SSSR count). The molecule has 1 N–H and O–H groups in total. The molecule has 9 heteroatoms. The summed E-state index contributed by atoms with van der Waals surface area (Å²) in [5, 5.41) is 12.6. The van der Waals surface area contributed by atoms with Crippen LogP contribution in [0.3, 0.4) is 0 Å². The molecule has 0 radical (unpaired) electrons. The van der Waals surface area contributed by atoms with Crippen molar-refractivity contribution in [1.82, 2.24) is 5.43 Å². The molecule has 2 aromatic carbocycles. The normalized spacial score (nSPS) is 10.5. The smallest absolute Gasteiger partial charge is 0.387 e. The number of hydrogen-bond acceptors (Lipinski definition) is 6. The van der Waals surface area contributed by atoms with Gasteiger partial charge in [0, 0.05) is 5.56 Å². The van der Waals surface area contributed by atoms with Crippen LogP contribution in [0.5, 0.6) is 17.2 Å². The highest BCUT2D eigenvalue weighted by atomic mass is 19.3. The van der Waals surface area contributed by atoms with E-state index < -0.39 is 12.5 Å². The Hall–Kier alpha value is -3.67. The number of nitrogens with zero attached hydrogens (tertiary/aromatic N) is 2. The number of benzene rings is 2. The van der Waals surface area contributed by atoms with Crippen molar-refractivity contribution in [1.29, 1.82) is 5.26 Å². The molecule has 0 bridgehead atoms. The fourth-order valence-corrected chi connectivity index (χ4v) is 2.04. The molecule has 0 aliphatic rings. The number of nitrogens with one attached hydrogen (secondary N) is 1. The monoisotopic (exact) mass is 375 g/mol. The van der Waals surface area contributed by atoms with Crippen LogP contribution in [-0.2, 0) is 4.79 Å². The van der Waals surface area contributed by atoms with Gasteiger partial charge in [-0.2, -0.15) is 19.1 Å². The summed E-state index contributed by atoms with van der Waals surface area (Å²) in [6.45, 7) is -3.43. The first kappa shape index (κ1) is 19.7. The maximum Gasteiger partial charge on any atom is 0.387 e. The number of methoxy groups -OCH3 is 1. The molecule has 0 aliphatic carbocycles. The lowest BCUT2D eigenvalue weighted by Crippen LogP contribution is -2.24. The Labute approximate surface area is 153 Å². The van der Waals surface area contributed by atoms with Crippen molar-refractivity contribution >= 4 is 12.1 Å². The number of amides is 1. The van der Waals surface area contributed by atoms with Crippen LogP contribution < -0.4 is 19.6 Å². The molecule has 0 fully saturated rings. The minimum Gasteiger partial charge on any atom is -0.493 e. The first-order valence-corrected chi connectivity index (χ1v) is 7.60. The number of halogens is 2. The Morgan fingerprint density at radius 2 is 2.00 bits per heavy atom. The van der Waals surface area contributed by atoms with Crippen LogP contribution >= 0.6 is 0 Å². The zero-order valence-corrected chi connectivity index (χ0v) is 14.2. The lowest BCUT2D eigenvalue weighted by Gasteiger charge is -2.12. The molecule has 0 saturated carbocycles. The van der Waals surface area contributed by atoms with Gasteiger partial charge in [0.05, 0.1) is 18.9 Å². The number of rotatable bonds is 8. The largest absolute Gasteiger partial charge is 0.493 e. The molecule has 0 aliphatic heterocycles. The van der Waals surface area contributed by atoms with Crippen LogP contribution in [0.4, 0.5) is 8.78 Å². The zero-order valence-electron chi connectivity index (χ0n) is 14.2. The van der Waals surface area contributed by atoms with E-state index in [1.54, 1.807) is 30.3 Å². The van der Waals surface area contributed by atoms with Crippen LogP contribution in [0, 0.1) is 11.3 Å². The van der Waals surface area contributed by atoms with Crippen molar-refractivity contribution < 1.29 is 27.8 Å². The van der Waals surface area contributed by atoms with Crippen molar-refractivity contribution in [2.75, 3.05) is 13.7 Å². The molecule has 1 amide bonds. The topological polar surface area (TPSA) is 92.9 Å². The minimum atomic E-state index is -3.04. The Morgan fingerprint density at radius 1 is 1.26 bits per heavy atom. The maximum atomic E-state index is 12.6. The predicted molar refractivity (Wildman–Crippen MR) is 92.0 cm³/mol. The molecular formula is C18H15F2N3O4. The van der Waals surface area contributed by atoms with Gasteiger partial charge in [-0.3, -0.25) is 4.79 Å². The van der Waals surface area contributed by atoms with Crippen LogP contribution in [0.25, 0.3) is 0 Å². The second kappa shape index (κ2) is 9.72. The van der Waals surface area contributed by atoms with Gasteiger partial charge in [0.2, 0.25) is 0 Å². The Kier molecular flexibility index (Phi) is 7.07. The molecule has 0 atom stereocenters. The van der Waals surface area contributed by atoms with Gasteiger partial charge >= 0.3 is 6.61 Å². The minimum absolute atomic E-state index is 0.0991. The summed E-state index contributed by atoms with van der Waals surface area (Å²) in [6.07, 6.45) is 1.14. The summed E-state index contributed by atoms with van der Waals surface area (Å²) >= 11 is 0. The van der Waals surface area contributed by atoms with E-state index >= 15 is 0 Å².